The summed E-state index contributed by atoms with van der Waals surface area (Å²) in [7, 11) is 1.34. The summed E-state index contributed by atoms with van der Waals surface area (Å²) in [5.41, 5.74) is 6.32. The Balaban J connectivity index is 2.31. The van der Waals surface area contributed by atoms with Crippen LogP contribution in [0.5, 0.6) is 0 Å². The molecule has 0 spiro atoms. The van der Waals surface area contributed by atoms with E-state index in [0.717, 1.165) is 6.42 Å². The summed E-state index contributed by atoms with van der Waals surface area (Å²) < 4.78 is 18.8. The van der Waals surface area contributed by atoms with Crippen LogP contribution >= 0.6 is 12.2 Å². The largest absolute Gasteiger partial charge is 0.467 e. The van der Waals surface area contributed by atoms with Crippen molar-refractivity contribution < 1.29 is 13.9 Å². The molecule has 1 saturated heterocycles. The van der Waals surface area contributed by atoms with Gasteiger partial charge in [0.1, 0.15) is 16.8 Å². The highest BCUT2D eigenvalue weighted by Gasteiger charge is 2.33. The molecular weight excluding hydrogens is 267 g/mol. The fourth-order valence-corrected chi connectivity index (χ4v) is 2.46. The number of benzene rings is 1. The van der Waals surface area contributed by atoms with E-state index >= 15 is 0 Å². The molecule has 1 fully saturated rings. The van der Waals surface area contributed by atoms with Crippen LogP contribution in [0, 0.1) is 5.82 Å². The highest BCUT2D eigenvalue weighted by molar-refractivity contribution is 7.80. The number of halogens is 1. The molecule has 1 aliphatic heterocycles. The molecule has 6 heteroatoms. The molecule has 0 amide bonds. The second-order valence-electron chi connectivity index (χ2n) is 4.41. The van der Waals surface area contributed by atoms with E-state index in [1.165, 1.54) is 13.2 Å². The maximum Gasteiger partial charge on any atom is 0.328 e. The van der Waals surface area contributed by atoms with Crippen LogP contribution in [-0.4, -0.2) is 30.7 Å². The average molecular weight is 282 g/mol. The fraction of sp³-hybridized carbons (Fsp3) is 0.385. The number of hydrogen-bond donors (Lipinski definition) is 1. The zero-order valence-electron chi connectivity index (χ0n) is 10.6. The molecule has 0 aliphatic carbocycles. The van der Waals surface area contributed by atoms with Crippen molar-refractivity contribution in [3.05, 3.63) is 29.6 Å². The van der Waals surface area contributed by atoms with Crippen molar-refractivity contribution in [2.45, 2.75) is 18.9 Å². The van der Waals surface area contributed by atoms with Crippen molar-refractivity contribution >= 4 is 28.9 Å². The predicted molar refractivity (Wildman–Crippen MR) is 74.7 cm³/mol. The molecule has 102 valence electrons. The van der Waals surface area contributed by atoms with Gasteiger partial charge in [-0.2, -0.15) is 0 Å². The first-order chi connectivity index (χ1) is 9.04. The minimum Gasteiger partial charge on any atom is -0.467 e. The van der Waals surface area contributed by atoms with Crippen molar-refractivity contribution in [2.75, 3.05) is 18.6 Å². The van der Waals surface area contributed by atoms with Crippen molar-refractivity contribution in [1.29, 1.82) is 0 Å². The number of esters is 1. The smallest absolute Gasteiger partial charge is 0.328 e. The van der Waals surface area contributed by atoms with Crippen molar-refractivity contribution in [2.24, 2.45) is 5.73 Å². The quantitative estimate of drug-likeness (QED) is 0.674. The van der Waals surface area contributed by atoms with Gasteiger partial charge in [-0.3, -0.25) is 0 Å². The maximum absolute atomic E-state index is 14.1. The van der Waals surface area contributed by atoms with E-state index in [2.05, 4.69) is 0 Å². The normalized spacial score (nSPS) is 18.4. The third-order valence-corrected chi connectivity index (χ3v) is 3.50. The molecule has 1 aromatic rings. The van der Waals surface area contributed by atoms with Gasteiger partial charge in [0.25, 0.3) is 0 Å². The number of methoxy groups -OCH3 is 1. The molecule has 1 atom stereocenters. The van der Waals surface area contributed by atoms with Crippen LogP contribution in [0.1, 0.15) is 18.4 Å². The Bertz CT molecular complexity index is 521. The summed E-state index contributed by atoms with van der Waals surface area (Å²) in [6, 6.07) is 4.14. The van der Waals surface area contributed by atoms with E-state index in [1.807, 2.05) is 0 Å². The fourth-order valence-electron chi connectivity index (χ4n) is 2.33. The van der Waals surface area contributed by atoms with Gasteiger partial charge in [0.2, 0.25) is 0 Å². The van der Waals surface area contributed by atoms with Gasteiger partial charge in [-0.1, -0.05) is 12.2 Å². The summed E-state index contributed by atoms with van der Waals surface area (Å²) in [6.45, 7) is 0.628. The maximum atomic E-state index is 14.1. The lowest BCUT2D eigenvalue weighted by Crippen LogP contribution is -2.37. The molecule has 1 heterocycles. The molecule has 1 aromatic carbocycles. The van der Waals surface area contributed by atoms with Gasteiger partial charge in [0.15, 0.2) is 0 Å². The van der Waals surface area contributed by atoms with E-state index in [9.17, 15) is 9.18 Å². The molecular formula is C13H15FN2O2S. The molecule has 19 heavy (non-hydrogen) atoms. The number of thiocarbonyl (C=S) groups is 1. The Labute approximate surface area is 116 Å². The summed E-state index contributed by atoms with van der Waals surface area (Å²) in [5.74, 6) is -0.767. The number of carbonyl (C=O) groups excluding carboxylic acids is 1. The molecule has 4 nitrogen and oxygen atoms in total. The van der Waals surface area contributed by atoms with E-state index < -0.39 is 11.9 Å². The average Bonchev–Trinajstić information content (AvgIpc) is 2.86. The summed E-state index contributed by atoms with van der Waals surface area (Å²) in [4.78, 5) is 13.5. The Morgan fingerprint density at radius 3 is 2.89 bits per heavy atom. The van der Waals surface area contributed by atoms with E-state index in [1.54, 1.807) is 17.0 Å². The summed E-state index contributed by atoms with van der Waals surface area (Å²) >= 11 is 4.81. The number of nitrogens with two attached hydrogens (primary N) is 1. The highest BCUT2D eigenvalue weighted by Crippen LogP contribution is 2.29. The first-order valence-electron chi connectivity index (χ1n) is 5.98. The lowest BCUT2D eigenvalue weighted by molar-refractivity contribution is -0.141. The van der Waals surface area contributed by atoms with Gasteiger partial charge in [0, 0.05) is 12.1 Å². The van der Waals surface area contributed by atoms with E-state index in [4.69, 9.17) is 22.7 Å². The molecule has 1 unspecified atom stereocenters. The summed E-state index contributed by atoms with van der Waals surface area (Å²) in [6.07, 6.45) is 1.50. The lowest BCUT2D eigenvalue weighted by atomic mass is 10.1. The van der Waals surface area contributed by atoms with Gasteiger partial charge < -0.3 is 15.4 Å². The summed E-state index contributed by atoms with van der Waals surface area (Å²) in [5, 5.41) is 0. The first-order valence-corrected chi connectivity index (χ1v) is 6.39. The topological polar surface area (TPSA) is 55.6 Å². The van der Waals surface area contributed by atoms with Crippen LogP contribution in [-0.2, 0) is 9.53 Å². The van der Waals surface area contributed by atoms with Crippen molar-refractivity contribution in [1.82, 2.24) is 0 Å². The van der Waals surface area contributed by atoms with Gasteiger partial charge >= 0.3 is 5.97 Å². The minimum absolute atomic E-state index is 0.149. The monoisotopic (exact) mass is 282 g/mol. The minimum atomic E-state index is -0.430. The molecule has 2 rings (SSSR count). The number of carbonyl (C=O) groups is 1. The standard InChI is InChI=1S/C13H15FN2O2S/c1-18-13(17)11-3-2-6-16(11)10-5-4-8(12(15)19)7-9(10)14/h4-5,7,11H,2-3,6H2,1H3,(H2,15,19). The highest BCUT2D eigenvalue weighted by atomic mass is 32.1. The molecule has 0 radical (unpaired) electrons. The zero-order chi connectivity index (χ0) is 14.0. The Kier molecular flexibility index (Phi) is 3.99. The molecule has 2 N–H and O–H groups in total. The number of rotatable bonds is 3. The van der Waals surface area contributed by atoms with Gasteiger partial charge in [0.05, 0.1) is 12.8 Å². The number of hydrogen-bond acceptors (Lipinski definition) is 4. The second kappa shape index (κ2) is 5.52. The molecule has 0 aromatic heterocycles. The zero-order valence-corrected chi connectivity index (χ0v) is 11.4. The number of ether oxygens (including phenoxy) is 1. The third kappa shape index (κ3) is 2.68. The first kappa shape index (κ1) is 13.7. The molecule has 1 aliphatic rings. The lowest BCUT2D eigenvalue weighted by Gasteiger charge is -2.25. The van der Waals surface area contributed by atoms with Crippen LogP contribution in [0.15, 0.2) is 18.2 Å². The predicted octanol–water partition coefficient (Wildman–Crippen LogP) is 1.60. The van der Waals surface area contributed by atoms with Crippen LogP contribution in [0.25, 0.3) is 0 Å². The van der Waals surface area contributed by atoms with Crippen LogP contribution in [0.3, 0.4) is 0 Å². The number of anilines is 1. The van der Waals surface area contributed by atoms with Gasteiger partial charge in [-0.15, -0.1) is 0 Å². The Hall–Kier alpha value is -1.69. The van der Waals surface area contributed by atoms with Crippen LogP contribution in [0.2, 0.25) is 0 Å². The van der Waals surface area contributed by atoms with Crippen LogP contribution < -0.4 is 10.6 Å². The van der Waals surface area contributed by atoms with E-state index in [0.29, 0.717) is 24.2 Å². The Morgan fingerprint density at radius 1 is 1.58 bits per heavy atom. The number of nitrogens with zero attached hydrogens (tertiary/aromatic N) is 1. The van der Waals surface area contributed by atoms with Gasteiger partial charge in [-0.25, -0.2) is 9.18 Å². The van der Waals surface area contributed by atoms with Crippen LogP contribution in [0.4, 0.5) is 10.1 Å². The molecule has 0 saturated carbocycles. The SMILES string of the molecule is COC(=O)C1CCCN1c1ccc(C(N)=S)cc1F. The third-order valence-electron chi connectivity index (χ3n) is 3.27. The second-order valence-corrected chi connectivity index (χ2v) is 4.84. The van der Waals surface area contributed by atoms with Crippen molar-refractivity contribution in [3.8, 4) is 0 Å². The van der Waals surface area contributed by atoms with Crippen molar-refractivity contribution in [3.63, 3.8) is 0 Å². The van der Waals surface area contributed by atoms with Gasteiger partial charge in [-0.05, 0) is 31.0 Å². The van der Waals surface area contributed by atoms with E-state index in [-0.39, 0.29) is 11.0 Å². The Morgan fingerprint density at radius 2 is 2.32 bits per heavy atom. The molecule has 0 bridgehead atoms.